The van der Waals surface area contributed by atoms with Gasteiger partial charge in [0.15, 0.2) is 0 Å². The summed E-state index contributed by atoms with van der Waals surface area (Å²) in [5.74, 6) is -0.458. The molecule has 0 aliphatic rings. The van der Waals surface area contributed by atoms with E-state index < -0.39 is 12.0 Å². The van der Waals surface area contributed by atoms with Gasteiger partial charge in [-0.15, -0.1) is 5.10 Å². The zero-order valence-electron chi connectivity index (χ0n) is 9.95. The Bertz CT molecular complexity index is 563. The first-order valence-corrected chi connectivity index (χ1v) is 5.53. The molecule has 94 valence electrons. The molecule has 0 spiro atoms. The normalized spacial score (nSPS) is 12.3. The standard InChI is InChI=1S/C12H14N4O2/c1-8(17)11-7-16(15-14-11)6-9-3-2-4-10(5-9)12(13)18/h2-5,7-8,17H,6H2,1H3,(H2,13,18). The third kappa shape index (κ3) is 2.72. The van der Waals surface area contributed by atoms with Crippen LogP contribution in [0.25, 0.3) is 0 Å². The van der Waals surface area contributed by atoms with Gasteiger partial charge in [-0.3, -0.25) is 4.79 Å². The maximum absolute atomic E-state index is 11.1. The molecule has 1 atom stereocenters. The van der Waals surface area contributed by atoms with E-state index in [1.54, 1.807) is 36.0 Å². The summed E-state index contributed by atoms with van der Waals surface area (Å²) in [7, 11) is 0. The maximum Gasteiger partial charge on any atom is 0.248 e. The first-order chi connectivity index (χ1) is 8.56. The van der Waals surface area contributed by atoms with Crippen molar-refractivity contribution in [3.05, 3.63) is 47.3 Å². The SMILES string of the molecule is CC(O)c1cn(Cc2cccc(C(N)=O)c2)nn1. The Morgan fingerprint density at radius 2 is 2.33 bits per heavy atom. The number of hydrogen-bond acceptors (Lipinski definition) is 4. The molecule has 0 aliphatic carbocycles. The summed E-state index contributed by atoms with van der Waals surface area (Å²) >= 11 is 0. The van der Waals surface area contributed by atoms with Gasteiger partial charge in [0, 0.05) is 5.56 Å². The van der Waals surface area contributed by atoms with Crippen LogP contribution in [0.3, 0.4) is 0 Å². The van der Waals surface area contributed by atoms with Crippen LogP contribution in [0.5, 0.6) is 0 Å². The predicted octanol–water partition coefficient (Wildman–Crippen LogP) is 0.479. The molecule has 0 radical (unpaired) electrons. The highest BCUT2D eigenvalue weighted by molar-refractivity contribution is 5.92. The molecular formula is C12H14N4O2. The summed E-state index contributed by atoms with van der Waals surface area (Å²) in [4.78, 5) is 11.1. The molecule has 2 aromatic rings. The number of primary amides is 1. The molecule has 0 fully saturated rings. The van der Waals surface area contributed by atoms with Gasteiger partial charge in [-0.1, -0.05) is 17.3 Å². The van der Waals surface area contributed by atoms with Crippen LogP contribution in [0, 0.1) is 0 Å². The number of aliphatic hydroxyl groups excluding tert-OH is 1. The topological polar surface area (TPSA) is 94.0 Å². The van der Waals surface area contributed by atoms with Gasteiger partial charge in [-0.25, -0.2) is 4.68 Å². The van der Waals surface area contributed by atoms with E-state index in [9.17, 15) is 9.90 Å². The van der Waals surface area contributed by atoms with Gasteiger partial charge in [0.25, 0.3) is 0 Å². The second-order valence-corrected chi connectivity index (χ2v) is 4.08. The molecule has 1 unspecified atom stereocenters. The minimum Gasteiger partial charge on any atom is -0.387 e. The highest BCUT2D eigenvalue weighted by Crippen LogP contribution is 2.09. The predicted molar refractivity (Wildman–Crippen MR) is 64.7 cm³/mol. The number of aromatic nitrogens is 3. The number of aliphatic hydroxyl groups is 1. The Morgan fingerprint density at radius 1 is 1.56 bits per heavy atom. The number of amides is 1. The van der Waals surface area contributed by atoms with Gasteiger partial charge >= 0.3 is 0 Å². The minimum atomic E-state index is -0.643. The van der Waals surface area contributed by atoms with Crippen LogP contribution in [-0.2, 0) is 6.54 Å². The van der Waals surface area contributed by atoms with Crippen molar-refractivity contribution in [3.63, 3.8) is 0 Å². The van der Waals surface area contributed by atoms with Crippen molar-refractivity contribution >= 4 is 5.91 Å². The van der Waals surface area contributed by atoms with E-state index in [2.05, 4.69) is 10.3 Å². The van der Waals surface area contributed by atoms with E-state index in [1.807, 2.05) is 6.07 Å². The average Bonchev–Trinajstić information content (AvgIpc) is 2.78. The number of nitrogens with zero attached hydrogens (tertiary/aromatic N) is 3. The van der Waals surface area contributed by atoms with E-state index >= 15 is 0 Å². The molecule has 1 aromatic carbocycles. The lowest BCUT2D eigenvalue weighted by Crippen LogP contribution is -2.11. The Morgan fingerprint density at radius 3 is 2.94 bits per heavy atom. The number of carbonyl (C=O) groups is 1. The van der Waals surface area contributed by atoms with Crippen LogP contribution in [0.1, 0.15) is 34.6 Å². The monoisotopic (exact) mass is 246 g/mol. The molecule has 1 aromatic heterocycles. The number of rotatable bonds is 4. The van der Waals surface area contributed by atoms with Crippen LogP contribution < -0.4 is 5.73 Å². The van der Waals surface area contributed by atoms with Crippen LogP contribution in [0.4, 0.5) is 0 Å². The van der Waals surface area contributed by atoms with E-state index in [-0.39, 0.29) is 0 Å². The maximum atomic E-state index is 11.1. The van der Waals surface area contributed by atoms with Crippen molar-refractivity contribution in [2.24, 2.45) is 5.73 Å². The van der Waals surface area contributed by atoms with Crippen molar-refractivity contribution in [3.8, 4) is 0 Å². The van der Waals surface area contributed by atoms with Gasteiger partial charge in [0.05, 0.1) is 18.8 Å². The molecule has 3 N–H and O–H groups in total. The van der Waals surface area contributed by atoms with Gasteiger partial charge in [-0.05, 0) is 24.6 Å². The van der Waals surface area contributed by atoms with Crippen molar-refractivity contribution in [1.82, 2.24) is 15.0 Å². The van der Waals surface area contributed by atoms with Crippen molar-refractivity contribution in [2.45, 2.75) is 19.6 Å². The summed E-state index contributed by atoms with van der Waals surface area (Å²) in [6, 6.07) is 7.01. The Kier molecular flexibility index (Phi) is 3.38. The van der Waals surface area contributed by atoms with E-state index in [1.165, 1.54) is 0 Å². The molecule has 6 nitrogen and oxygen atoms in total. The third-order valence-corrected chi connectivity index (χ3v) is 2.54. The summed E-state index contributed by atoms with van der Waals surface area (Å²) in [6.07, 6.45) is 1.03. The fourth-order valence-corrected chi connectivity index (χ4v) is 1.59. The second-order valence-electron chi connectivity index (χ2n) is 4.08. The molecule has 1 amide bonds. The molecule has 0 aliphatic heterocycles. The minimum absolute atomic E-state index is 0.458. The number of benzene rings is 1. The van der Waals surface area contributed by atoms with Crippen molar-refractivity contribution in [1.29, 1.82) is 0 Å². The van der Waals surface area contributed by atoms with Crippen LogP contribution in [-0.4, -0.2) is 26.0 Å². The lowest BCUT2D eigenvalue weighted by Gasteiger charge is -2.02. The highest BCUT2D eigenvalue weighted by Gasteiger charge is 2.07. The molecule has 0 saturated carbocycles. The summed E-state index contributed by atoms with van der Waals surface area (Å²) in [5.41, 5.74) is 7.09. The van der Waals surface area contributed by atoms with Crippen molar-refractivity contribution < 1.29 is 9.90 Å². The third-order valence-electron chi connectivity index (χ3n) is 2.54. The molecule has 18 heavy (non-hydrogen) atoms. The average molecular weight is 246 g/mol. The van der Waals surface area contributed by atoms with Gasteiger partial charge < -0.3 is 10.8 Å². The number of carbonyl (C=O) groups excluding carboxylic acids is 1. The first kappa shape index (κ1) is 12.3. The summed E-state index contributed by atoms with van der Waals surface area (Å²) in [5, 5.41) is 17.1. The zero-order valence-corrected chi connectivity index (χ0v) is 9.95. The van der Waals surface area contributed by atoms with Crippen LogP contribution in [0.15, 0.2) is 30.5 Å². The smallest absolute Gasteiger partial charge is 0.248 e. The molecular weight excluding hydrogens is 232 g/mol. The van der Waals surface area contributed by atoms with Gasteiger partial charge in [0.2, 0.25) is 5.91 Å². The Hall–Kier alpha value is -2.21. The quantitative estimate of drug-likeness (QED) is 0.820. The summed E-state index contributed by atoms with van der Waals surface area (Å²) < 4.78 is 1.60. The largest absolute Gasteiger partial charge is 0.387 e. The zero-order chi connectivity index (χ0) is 13.1. The van der Waals surface area contributed by atoms with Crippen molar-refractivity contribution in [2.75, 3.05) is 0 Å². The van der Waals surface area contributed by atoms with Gasteiger partial charge in [0.1, 0.15) is 5.69 Å². The fourth-order valence-electron chi connectivity index (χ4n) is 1.59. The van der Waals surface area contributed by atoms with E-state index in [0.29, 0.717) is 17.8 Å². The first-order valence-electron chi connectivity index (χ1n) is 5.53. The molecule has 2 rings (SSSR count). The fraction of sp³-hybridized carbons (Fsp3) is 0.250. The molecule has 1 heterocycles. The van der Waals surface area contributed by atoms with E-state index in [0.717, 1.165) is 5.56 Å². The summed E-state index contributed by atoms with van der Waals surface area (Å²) in [6.45, 7) is 2.10. The molecule has 0 saturated heterocycles. The second kappa shape index (κ2) is 4.97. The lowest BCUT2D eigenvalue weighted by molar-refractivity contribution is 0.1000. The van der Waals surface area contributed by atoms with E-state index in [4.69, 9.17) is 5.73 Å². The molecule has 6 heteroatoms. The van der Waals surface area contributed by atoms with Crippen LogP contribution >= 0.6 is 0 Å². The Labute approximate surface area is 104 Å². The number of nitrogens with two attached hydrogens (primary N) is 1. The lowest BCUT2D eigenvalue weighted by atomic mass is 10.1. The van der Waals surface area contributed by atoms with Gasteiger partial charge in [-0.2, -0.15) is 0 Å². The molecule has 0 bridgehead atoms. The Balaban J connectivity index is 2.17. The number of hydrogen-bond donors (Lipinski definition) is 2. The highest BCUT2D eigenvalue weighted by atomic mass is 16.3. The van der Waals surface area contributed by atoms with Crippen LogP contribution in [0.2, 0.25) is 0 Å².